The molecule has 5 rings (SSSR count). The third kappa shape index (κ3) is 7.58. The van der Waals surface area contributed by atoms with Crippen molar-refractivity contribution in [2.45, 2.75) is 51.3 Å². The minimum absolute atomic E-state index is 0.0433. The van der Waals surface area contributed by atoms with Crippen LogP contribution in [-0.2, 0) is 58.2 Å². The van der Waals surface area contributed by atoms with Gasteiger partial charge in [0.25, 0.3) is 20.0 Å². The molecule has 0 aromatic heterocycles. The van der Waals surface area contributed by atoms with Crippen LogP contribution in [0.5, 0.6) is 0 Å². The van der Waals surface area contributed by atoms with E-state index >= 15 is 0 Å². The zero-order chi connectivity index (χ0) is 39.5. The van der Waals surface area contributed by atoms with Crippen molar-refractivity contribution in [2.24, 2.45) is 57.5 Å². The second kappa shape index (κ2) is 16.3. The molecular weight excluding hydrogens is 745 g/mol. The van der Waals surface area contributed by atoms with Crippen molar-refractivity contribution in [1.82, 2.24) is 9.66 Å². The summed E-state index contributed by atoms with van der Waals surface area (Å²) < 4.78 is 75.6. The molecule has 0 spiro atoms. The number of nitrogens with zero attached hydrogens (tertiary/aromatic N) is 2. The van der Waals surface area contributed by atoms with Gasteiger partial charge in [-0.25, -0.2) is 9.66 Å². The number of benzene rings is 2. The molecule has 2 aromatic carbocycles. The highest BCUT2D eigenvalue weighted by molar-refractivity contribution is 7.89. The monoisotopic (exact) mass is 788 g/mol. The van der Waals surface area contributed by atoms with E-state index in [0.29, 0.717) is 0 Å². The predicted molar refractivity (Wildman–Crippen MR) is 192 cm³/mol. The molecule has 3 fully saturated rings. The van der Waals surface area contributed by atoms with Crippen LogP contribution in [0.2, 0.25) is 0 Å². The average molecular weight is 789 g/mol. The lowest BCUT2D eigenvalue weighted by atomic mass is 9.39. The van der Waals surface area contributed by atoms with Gasteiger partial charge in [-0.05, 0) is 65.8 Å². The summed E-state index contributed by atoms with van der Waals surface area (Å²) in [6.45, 7) is 9.52. The Hall–Kier alpha value is -4.84. The fraction of sp³-hybridized carbons (Fsp3) is 0.500. The van der Waals surface area contributed by atoms with Crippen LogP contribution in [0.3, 0.4) is 0 Å². The van der Waals surface area contributed by atoms with Crippen LogP contribution in [0.25, 0.3) is 0 Å². The van der Waals surface area contributed by atoms with Gasteiger partial charge < -0.3 is 18.9 Å². The van der Waals surface area contributed by atoms with Gasteiger partial charge in [0.15, 0.2) is 0 Å². The van der Waals surface area contributed by atoms with E-state index in [0.717, 1.165) is 11.1 Å². The molecule has 0 bridgehead atoms. The van der Waals surface area contributed by atoms with Crippen LogP contribution in [0.15, 0.2) is 68.5 Å². The van der Waals surface area contributed by atoms with E-state index in [4.69, 9.17) is 18.9 Å². The molecule has 0 heterocycles. The Balaban J connectivity index is 1.74. The second-order valence-corrected chi connectivity index (χ2v) is 16.4. The molecule has 54 heavy (non-hydrogen) atoms. The number of carbonyl (C=O) groups excluding carboxylic acids is 4. The van der Waals surface area contributed by atoms with E-state index < -0.39 is 91.3 Å². The molecule has 0 aliphatic heterocycles. The molecule has 0 saturated heterocycles. The molecule has 2 N–H and O–H groups in total. The van der Waals surface area contributed by atoms with Crippen molar-refractivity contribution in [1.29, 1.82) is 0 Å². The quantitative estimate of drug-likeness (QED) is 0.160. The number of aryl methyl sites for hydroxylation is 2. The Bertz CT molecular complexity index is 1840. The summed E-state index contributed by atoms with van der Waals surface area (Å²) in [5.74, 6) is -13.3. The van der Waals surface area contributed by atoms with Gasteiger partial charge in [0, 0.05) is 35.1 Å². The van der Waals surface area contributed by atoms with E-state index in [-0.39, 0.29) is 47.6 Å². The lowest BCUT2D eigenvalue weighted by Gasteiger charge is -2.62. The Morgan fingerprint density at radius 3 is 0.963 bits per heavy atom. The summed E-state index contributed by atoms with van der Waals surface area (Å²) in [7, 11) is -8.67. The minimum Gasteiger partial charge on any atom is -0.466 e. The first kappa shape index (κ1) is 40.3. The van der Waals surface area contributed by atoms with E-state index in [9.17, 15) is 36.0 Å². The molecule has 0 unspecified atom stereocenters. The summed E-state index contributed by atoms with van der Waals surface area (Å²) in [5.41, 5.74) is 1.52. The van der Waals surface area contributed by atoms with E-state index in [2.05, 4.69) is 19.9 Å². The summed E-state index contributed by atoms with van der Waals surface area (Å²) in [4.78, 5) is 58.9. The number of sulfonamides is 2. The predicted octanol–water partition coefficient (Wildman–Crippen LogP) is 2.50. The highest BCUT2D eigenvalue weighted by atomic mass is 32.2. The fourth-order valence-corrected chi connectivity index (χ4v) is 9.25. The standard InChI is InChI=1S/C36H44N4O12S2/c1-7-49-33(41)27-23-24(28(27)34(42)50-8-2)32(38-40-54(47,48)22-17-13-20(6)14-18-22)26-25(29(35(43)51-9-3)30(26)36(44)52-10-4)31(23)37-39-53(45,46)21-15-11-19(5)12-16-21/h11-18,23-30,39-40H,7-10H2,1-6H3/t23-,24-,25-,26+,27+,28-,29+,30+/m1/s1. The molecule has 292 valence electrons. The smallest absolute Gasteiger partial charge is 0.310 e. The summed E-state index contributed by atoms with van der Waals surface area (Å²) >= 11 is 0. The topological polar surface area (TPSA) is 222 Å². The van der Waals surface area contributed by atoms with Crippen molar-refractivity contribution >= 4 is 55.3 Å². The molecule has 0 radical (unpaired) electrons. The first-order valence-corrected chi connectivity index (χ1v) is 20.6. The molecule has 16 nitrogen and oxygen atoms in total. The maximum atomic E-state index is 13.7. The number of rotatable bonds is 14. The highest BCUT2D eigenvalue weighted by Crippen LogP contribution is 2.63. The Kier molecular flexibility index (Phi) is 12.1. The van der Waals surface area contributed by atoms with Gasteiger partial charge in [0.1, 0.15) is 0 Å². The van der Waals surface area contributed by atoms with Crippen molar-refractivity contribution < 1.29 is 55.0 Å². The average Bonchev–Trinajstić information content (AvgIpc) is 3.09. The first-order valence-electron chi connectivity index (χ1n) is 17.6. The van der Waals surface area contributed by atoms with Crippen molar-refractivity contribution in [2.75, 3.05) is 26.4 Å². The van der Waals surface area contributed by atoms with Gasteiger partial charge in [0.2, 0.25) is 0 Å². The summed E-state index contributed by atoms with van der Waals surface area (Å²) in [5, 5.41) is 8.70. The molecule has 3 saturated carbocycles. The molecule has 18 heteroatoms. The van der Waals surface area contributed by atoms with Gasteiger partial charge in [-0.3, -0.25) is 19.2 Å². The zero-order valence-electron chi connectivity index (χ0n) is 30.7. The number of esters is 4. The van der Waals surface area contributed by atoms with Crippen molar-refractivity contribution in [3.05, 3.63) is 59.7 Å². The number of hydrogen-bond acceptors (Lipinski definition) is 14. The van der Waals surface area contributed by atoms with Crippen molar-refractivity contribution in [3.8, 4) is 0 Å². The molecule has 8 atom stereocenters. The number of ether oxygens (including phenoxy) is 4. The lowest BCUT2D eigenvalue weighted by Crippen LogP contribution is -2.74. The zero-order valence-corrected chi connectivity index (χ0v) is 32.3. The van der Waals surface area contributed by atoms with Crippen molar-refractivity contribution in [3.63, 3.8) is 0 Å². The number of hydrogen-bond donors (Lipinski definition) is 2. The lowest BCUT2D eigenvalue weighted by molar-refractivity contribution is -0.180. The van der Waals surface area contributed by atoms with Gasteiger partial charge >= 0.3 is 23.9 Å². The molecule has 3 aliphatic rings. The third-order valence-electron chi connectivity index (χ3n) is 9.95. The molecule has 3 aliphatic carbocycles. The van der Waals surface area contributed by atoms with E-state index in [1.807, 2.05) is 0 Å². The normalized spacial score (nSPS) is 27.3. The fourth-order valence-electron chi connectivity index (χ4n) is 7.60. The van der Waals surface area contributed by atoms with Crippen LogP contribution in [0.1, 0.15) is 38.8 Å². The van der Waals surface area contributed by atoms with Crippen LogP contribution in [-0.4, -0.2) is 78.6 Å². The minimum atomic E-state index is -4.33. The first-order chi connectivity index (χ1) is 25.6. The highest BCUT2D eigenvalue weighted by Gasteiger charge is 2.74. The molecular formula is C36H44N4O12S2. The summed E-state index contributed by atoms with van der Waals surface area (Å²) in [6, 6.07) is 11.9. The van der Waals surface area contributed by atoms with Crippen LogP contribution in [0, 0.1) is 61.2 Å². The maximum Gasteiger partial charge on any atom is 0.310 e. The molecule has 0 amide bonds. The van der Waals surface area contributed by atoms with Gasteiger partial charge in [0.05, 0.1) is 59.9 Å². The maximum absolute atomic E-state index is 13.7. The largest absolute Gasteiger partial charge is 0.466 e. The van der Waals surface area contributed by atoms with Gasteiger partial charge in [-0.15, -0.1) is 0 Å². The Morgan fingerprint density at radius 2 is 0.741 bits per heavy atom. The SMILES string of the molecule is CCOC(=O)[C@@H]1[C@@H](C(=O)OCC)[C@@H]2C(=NNS(=O)(=O)c3ccc(C)cc3)[C@H]3[C@H](C(=O)OCC)[C@H](C(=O)OCC)[C@@H]3C(=NNS(=O)(=O)c3ccc(C)cc3)[C@H]12. The Labute approximate surface area is 314 Å². The number of carbonyl (C=O) groups is 4. The van der Waals surface area contributed by atoms with E-state index in [1.54, 1.807) is 65.8 Å². The molecule has 2 aromatic rings. The Morgan fingerprint density at radius 1 is 0.500 bits per heavy atom. The number of hydrazone groups is 2. The van der Waals surface area contributed by atoms with Crippen LogP contribution >= 0.6 is 0 Å². The second-order valence-electron chi connectivity index (χ2n) is 13.1. The summed E-state index contributed by atoms with van der Waals surface area (Å²) in [6.07, 6.45) is 0. The van der Waals surface area contributed by atoms with Crippen LogP contribution in [0.4, 0.5) is 0 Å². The van der Waals surface area contributed by atoms with Crippen LogP contribution < -0.4 is 9.66 Å². The third-order valence-corrected chi connectivity index (χ3v) is 12.4. The van der Waals surface area contributed by atoms with Gasteiger partial charge in [-0.2, -0.15) is 27.0 Å². The van der Waals surface area contributed by atoms with Gasteiger partial charge in [-0.1, -0.05) is 35.4 Å². The number of nitrogens with one attached hydrogen (secondary N) is 2. The van der Waals surface area contributed by atoms with E-state index in [1.165, 1.54) is 24.3 Å². The number of fused-ring (bicyclic) bond motifs is 2.